The number of nitrogens with two attached hydrogens (primary N) is 1. The number of nitriles is 1. The van der Waals surface area contributed by atoms with E-state index in [2.05, 4.69) is 11.5 Å². The summed E-state index contributed by atoms with van der Waals surface area (Å²) in [7, 11) is 0. The minimum absolute atomic E-state index is 0.0841. The third kappa shape index (κ3) is 2.86. The van der Waals surface area contributed by atoms with Gasteiger partial charge in [-0.1, -0.05) is 30.3 Å². The van der Waals surface area contributed by atoms with Crippen molar-refractivity contribution in [1.82, 2.24) is 5.43 Å². The van der Waals surface area contributed by atoms with Crippen molar-refractivity contribution in [1.29, 1.82) is 5.26 Å². The summed E-state index contributed by atoms with van der Waals surface area (Å²) in [5, 5.41) is 8.44. The molecule has 1 rings (SSSR count). The fourth-order valence-corrected chi connectivity index (χ4v) is 1.24. The Morgan fingerprint density at radius 3 is 2.62 bits per heavy atom. The molecule has 1 aromatic carbocycles. The number of benzene rings is 1. The van der Waals surface area contributed by atoms with Crippen molar-refractivity contribution in [3.63, 3.8) is 0 Å². The van der Waals surface area contributed by atoms with Crippen molar-refractivity contribution in [2.24, 2.45) is 5.84 Å². The zero-order chi connectivity index (χ0) is 9.52. The maximum absolute atomic E-state index is 8.44. The van der Waals surface area contributed by atoms with Crippen molar-refractivity contribution in [3.8, 4) is 6.07 Å². The van der Waals surface area contributed by atoms with Crippen LogP contribution in [0, 0.1) is 11.3 Å². The molecule has 68 valence electrons. The fourth-order valence-electron chi connectivity index (χ4n) is 1.24. The third-order valence-corrected chi connectivity index (χ3v) is 1.95. The van der Waals surface area contributed by atoms with E-state index in [0.717, 1.165) is 12.0 Å². The van der Waals surface area contributed by atoms with E-state index in [1.165, 1.54) is 0 Å². The van der Waals surface area contributed by atoms with Crippen molar-refractivity contribution in [3.05, 3.63) is 35.9 Å². The van der Waals surface area contributed by atoms with Crippen molar-refractivity contribution >= 4 is 0 Å². The van der Waals surface area contributed by atoms with Crippen LogP contribution in [0.2, 0.25) is 0 Å². The largest absolute Gasteiger partial charge is 0.271 e. The quantitative estimate of drug-likeness (QED) is 0.538. The predicted octanol–water partition coefficient (Wildman–Crippen LogP) is 1.49. The minimum Gasteiger partial charge on any atom is -0.271 e. The van der Waals surface area contributed by atoms with E-state index in [-0.39, 0.29) is 6.04 Å². The zero-order valence-corrected chi connectivity index (χ0v) is 7.40. The smallest absolute Gasteiger partial charge is 0.0622 e. The molecule has 0 bridgehead atoms. The second-order valence-corrected chi connectivity index (χ2v) is 2.83. The van der Waals surface area contributed by atoms with E-state index >= 15 is 0 Å². The fraction of sp³-hybridized carbons (Fsp3) is 0.300. The molecule has 0 fully saturated rings. The number of hydrazine groups is 1. The molecule has 0 amide bonds. The summed E-state index contributed by atoms with van der Waals surface area (Å²) in [6.07, 6.45) is 1.26. The number of hydrogen-bond acceptors (Lipinski definition) is 3. The molecule has 3 N–H and O–H groups in total. The molecule has 0 saturated heterocycles. The molecular formula is C10H13N3. The lowest BCUT2D eigenvalue weighted by Crippen LogP contribution is -2.27. The molecule has 0 aliphatic carbocycles. The Morgan fingerprint density at radius 2 is 2.08 bits per heavy atom. The first-order valence-corrected chi connectivity index (χ1v) is 4.26. The molecule has 1 atom stereocenters. The van der Waals surface area contributed by atoms with Crippen LogP contribution in [0.3, 0.4) is 0 Å². The molecule has 1 aromatic rings. The van der Waals surface area contributed by atoms with Gasteiger partial charge in [-0.25, -0.2) is 0 Å². The second kappa shape index (κ2) is 5.31. The van der Waals surface area contributed by atoms with Gasteiger partial charge >= 0.3 is 0 Å². The highest BCUT2D eigenvalue weighted by Crippen LogP contribution is 2.16. The standard InChI is InChI=1S/C10H13N3/c11-8-4-7-10(13-12)9-5-2-1-3-6-9/h1-3,5-6,10,13H,4,7,12H2/t10-/m0/s1. The molecule has 3 heteroatoms. The van der Waals surface area contributed by atoms with E-state index < -0.39 is 0 Å². The molecule has 0 saturated carbocycles. The van der Waals surface area contributed by atoms with E-state index in [1.54, 1.807) is 0 Å². The van der Waals surface area contributed by atoms with Crippen molar-refractivity contribution in [2.45, 2.75) is 18.9 Å². The van der Waals surface area contributed by atoms with Crippen LogP contribution in [0.5, 0.6) is 0 Å². The molecule has 0 heterocycles. The molecule has 0 aromatic heterocycles. The molecule has 0 aliphatic heterocycles. The van der Waals surface area contributed by atoms with E-state index in [0.29, 0.717) is 6.42 Å². The number of nitrogens with one attached hydrogen (secondary N) is 1. The summed E-state index contributed by atoms with van der Waals surface area (Å²) in [5.41, 5.74) is 3.83. The van der Waals surface area contributed by atoms with Crippen LogP contribution in [0.1, 0.15) is 24.4 Å². The van der Waals surface area contributed by atoms with E-state index in [9.17, 15) is 0 Å². The monoisotopic (exact) mass is 175 g/mol. The van der Waals surface area contributed by atoms with Crippen LogP contribution in [0.25, 0.3) is 0 Å². The van der Waals surface area contributed by atoms with Crippen LogP contribution in [-0.4, -0.2) is 0 Å². The molecule has 0 aliphatic rings. The molecule has 13 heavy (non-hydrogen) atoms. The molecule has 0 unspecified atom stereocenters. The van der Waals surface area contributed by atoms with Crippen LogP contribution in [0.15, 0.2) is 30.3 Å². The Kier molecular flexibility index (Phi) is 3.97. The maximum Gasteiger partial charge on any atom is 0.0622 e. The summed E-state index contributed by atoms with van der Waals surface area (Å²) in [5.74, 6) is 5.39. The Balaban J connectivity index is 2.63. The topological polar surface area (TPSA) is 61.8 Å². The van der Waals surface area contributed by atoms with Crippen LogP contribution in [-0.2, 0) is 0 Å². The SMILES string of the molecule is N#CCC[C@H](NN)c1ccccc1. The average molecular weight is 175 g/mol. The van der Waals surface area contributed by atoms with Gasteiger partial charge in [0.1, 0.15) is 0 Å². The zero-order valence-electron chi connectivity index (χ0n) is 7.40. The lowest BCUT2D eigenvalue weighted by atomic mass is 10.0. The maximum atomic E-state index is 8.44. The highest BCUT2D eigenvalue weighted by atomic mass is 15.2. The lowest BCUT2D eigenvalue weighted by molar-refractivity contribution is 0.523. The molecule has 0 spiro atoms. The predicted molar refractivity (Wildman–Crippen MR) is 51.4 cm³/mol. The highest BCUT2D eigenvalue weighted by Gasteiger charge is 2.07. The number of nitrogens with zero attached hydrogens (tertiary/aromatic N) is 1. The van der Waals surface area contributed by atoms with Gasteiger partial charge in [-0.3, -0.25) is 11.3 Å². The average Bonchev–Trinajstić information content (AvgIpc) is 2.21. The first-order chi connectivity index (χ1) is 6.38. The van der Waals surface area contributed by atoms with E-state index in [4.69, 9.17) is 11.1 Å². The van der Waals surface area contributed by atoms with Crippen LogP contribution in [0.4, 0.5) is 0 Å². The third-order valence-electron chi connectivity index (χ3n) is 1.95. The summed E-state index contributed by atoms with van der Waals surface area (Å²) in [4.78, 5) is 0. The molecular weight excluding hydrogens is 162 g/mol. The van der Waals surface area contributed by atoms with Crippen molar-refractivity contribution in [2.75, 3.05) is 0 Å². The van der Waals surface area contributed by atoms with Gasteiger partial charge in [0.15, 0.2) is 0 Å². The Hall–Kier alpha value is -1.37. The minimum atomic E-state index is 0.0841. The molecule has 3 nitrogen and oxygen atoms in total. The Morgan fingerprint density at radius 1 is 1.38 bits per heavy atom. The van der Waals surface area contributed by atoms with Crippen LogP contribution < -0.4 is 11.3 Å². The van der Waals surface area contributed by atoms with Crippen LogP contribution >= 0.6 is 0 Å². The van der Waals surface area contributed by atoms with Gasteiger partial charge in [0, 0.05) is 12.5 Å². The summed E-state index contributed by atoms with van der Waals surface area (Å²) in [6.45, 7) is 0. The highest BCUT2D eigenvalue weighted by molar-refractivity contribution is 5.18. The van der Waals surface area contributed by atoms with Gasteiger partial charge in [0.05, 0.1) is 6.07 Å². The van der Waals surface area contributed by atoms with Gasteiger partial charge in [-0.05, 0) is 12.0 Å². The first-order valence-electron chi connectivity index (χ1n) is 4.26. The van der Waals surface area contributed by atoms with E-state index in [1.807, 2.05) is 30.3 Å². The van der Waals surface area contributed by atoms with Gasteiger partial charge in [0.2, 0.25) is 0 Å². The summed E-state index contributed by atoms with van der Waals surface area (Å²) in [6, 6.07) is 12.1. The normalized spacial score (nSPS) is 12.0. The summed E-state index contributed by atoms with van der Waals surface area (Å²) < 4.78 is 0. The van der Waals surface area contributed by atoms with Gasteiger partial charge in [-0.2, -0.15) is 5.26 Å². The second-order valence-electron chi connectivity index (χ2n) is 2.83. The van der Waals surface area contributed by atoms with Gasteiger partial charge < -0.3 is 0 Å². The van der Waals surface area contributed by atoms with Crippen molar-refractivity contribution < 1.29 is 0 Å². The number of rotatable bonds is 4. The Labute approximate surface area is 78.1 Å². The van der Waals surface area contributed by atoms with Gasteiger partial charge in [-0.15, -0.1) is 0 Å². The van der Waals surface area contributed by atoms with Gasteiger partial charge in [0.25, 0.3) is 0 Å². The summed E-state index contributed by atoms with van der Waals surface area (Å²) >= 11 is 0. The molecule has 0 radical (unpaired) electrons. The first kappa shape index (κ1) is 9.72. The number of hydrogen-bond donors (Lipinski definition) is 2. The lowest BCUT2D eigenvalue weighted by Gasteiger charge is -2.13. The Bertz CT molecular complexity index is 276.